The first kappa shape index (κ1) is 22.2. The zero-order chi connectivity index (χ0) is 22.8. The number of nitrogens with zero attached hydrogens (tertiary/aromatic N) is 4. The molecule has 3 heterocycles. The van der Waals surface area contributed by atoms with Crippen LogP contribution in [0.3, 0.4) is 0 Å². The number of hydrogen-bond acceptors (Lipinski definition) is 6. The molecule has 0 unspecified atom stereocenters. The lowest BCUT2D eigenvalue weighted by Crippen LogP contribution is -2.38. The molecule has 0 saturated carbocycles. The van der Waals surface area contributed by atoms with Gasteiger partial charge in [0.1, 0.15) is 5.76 Å². The van der Waals surface area contributed by atoms with Crippen LogP contribution in [-0.2, 0) is 21.4 Å². The monoisotopic (exact) mass is 438 g/mol. The second-order valence-electron chi connectivity index (χ2n) is 8.38. The van der Waals surface area contributed by atoms with Gasteiger partial charge in [-0.1, -0.05) is 30.3 Å². The smallest absolute Gasteiger partial charge is 0.295 e. The van der Waals surface area contributed by atoms with E-state index in [1.165, 1.54) is 0 Å². The average molecular weight is 439 g/mol. The number of likely N-dealkylation sites (tertiary alicyclic amines) is 1. The first-order valence-electron chi connectivity index (χ1n) is 11.0. The summed E-state index contributed by atoms with van der Waals surface area (Å²) in [7, 11) is 1.79. The molecule has 2 saturated heterocycles. The summed E-state index contributed by atoms with van der Waals surface area (Å²) >= 11 is 0. The van der Waals surface area contributed by atoms with Crippen LogP contribution in [0.5, 0.6) is 0 Å². The van der Waals surface area contributed by atoms with Crippen LogP contribution in [0, 0.1) is 13.8 Å². The Hall–Kier alpha value is -2.97. The van der Waals surface area contributed by atoms with Crippen LogP contribution in [0.15, 0.2) is 35.9 Å². The van der Waals surface area contributed by atoms with Crippen molar-refractivity contribution in [2.24, 2.45) is 7.05 Å². The molecule has 1 atom stereocenters. The molecule has 1 aromatic carbocycles. The van der Waals surface area contributed by atoms with Gasteiger partial charge in [0.15, 0.2) is 0 Å². The molecule has 4 rings (SSSR count). The van der Waals surface area contributed by atoms with Crippen molar-refractivity contribution in [1.29, 1.82) is 0 Å². The maximum Gasteiger partial charge on any atom is 0.295 e. The van der Waals surface area contributed by atoms with Crippen molar-refractivity contribution in [3.63, 3.8) is 0 Å². The fraction of sp³-hybridized carbons (Fsp3) is 0.458. The molecular weight excluding hydrogens is 408 g/mol. The van der Waals surface area contributed by atoms with E-state index in [-0.39, 0.29) is 11.3 Å². The van der Waals surface area contributed by atoms with Crippen LogP contribution in [0.2, 0.25) is 0 Å². The van der Waals surface area contributed by atoms with E-state index >= 15 is 0 Å². The number of carbonyl (C=O) groups is 2. The number of aliphatic hydroxyl groups excluding tert-OH is 1. The van der Waals surface area contributed by atoms with Crippen LogP contribution in [0.4, 0.5) is 0 Å². The number of hydrogen-bond donors (Lipinski definition) is 1. The minimum atomic E-state index is -0.648. The molecule has 2 fully saturated rings. The number of aliphatic hydroxyl groups is 1. The van der Waals surface area contributed by atoms with Gasteiger partial charge in [-0.05, 0) is 25.8 Å². The van der Waals surface area contributed by atoms with Gasteiger partial charge in [0, 0.05) is 38.9 Å². The van der Waals surface area contributed by atoms with Gasteiger partial charge < -0.3 is 14.7 Å². The SMILES string of the molecule is Cc1nn(C)c(C)c1/C(O)=C1\C(=O)C(=O)N(CCCN2CCOCC2)[C@@H]1c1ccccc1. The molecule has 1 N–H and O–H groups in total. The molecule has 2 aliphatic rings. The summed E-state index contributed by atoms with van der Waals surface area (Å²) in [5.74, 6) is -1.37. The lowest BCUT2D eigenvalue weighted by atomic mass is 9.94. The van der Waals surface area contributed by atoms with Gasteiger partial charge in [-0.3, -0.25) is 19.2 Å². The molecule has 1 aromatic heterocycles. The molecule has 8 nitrogen and oxygen atoms in total. The topological polar surface area (TPSA) is 87.9 Å². The number of aromatic nitrogens is 2. The summed E-state index contributed by atoms with van der Waals surface area (Å²) < 4.78 is 7.06. The molecular formula is C24H30N4O4. The number of carbonyl (C=O) groups excluding carboxylic acids is 2. The molecule has 8 heteroatoms. The fourth-order valence-electron chi connectivity index (χ4n) is 4.63. The van der Waals surface area contributed by atoms with E-state index in [2.05, 4.69) is 10.00 Å². The summed E-state index contributed by atoms with van der Waals surface area (Å²) in [5, 5.41) is 15.6. The zero-order valence-electron chi connectivity index (χ0n) is 18.9. The Labute approximate surface area is 188 Å². The number of rotatable bonds is 6. The number of amides is 1. The standard InChI is InChI=1S/C24H30N4O4/c1-16-19(17(2)26(3)25-16)22(29)20-21(18-8-5-4-6-9-18)28(24(31)23(20)30)11-7-10-27-12-14-32-15-13-27/h4-6,8-9,21,29H,7,10-15H2,1-3H3/b22-20+/t21-/m1/s1. The summed E-state index contributed by atoms with van der Waals surface area (Å²) in [5.41, 5.74) is 2.81. The molecule has 0 aliphatic carbocycles. The van der Waals surface area contributed by atoms with Gasteiger partial charge in [0.25, 0.3) is 11.7 Å². The van der Waals surface area contributed by atoms with E-state index in [0.29, 0.717) is 17.8 Å². The molecule has 170 valence electrons. The van der Waals surface area contributed by atoms with E-state index in [1.54, 1.807) is 23.6 Å². The quantitative estimate of drug-likeness (QED) is 0.423. The second-order valence-corrected chi connectivity index (χ2v) is 8.38. The third-order valence-corrected chi connectivity index (χ3v) is 6.38. The minimum Gasteiger partial charge on any atom is -0.507 e. The Morgan fingerprint density at radius 3 is 2.44 bits per heavy atom. The Bertz CT molecular complexity index is 1040. The van der Waals surface area contributed by atoms with E-state index in [9.17, 15) is 14.7 Å². The van der Waals surface area contributed by atoms with Crippen LogP contribution in [0.1, 0.15) is 35.0 Å². The molecule has 0 bridgehead atoms. The van der Waals surface area contributed by atoms with Crippen molar-refractivity contribution in [3.05, 3.63) is 58.4 Å². The van der Waals surface area contributed by atoms with Gasteiger partial charge in [-0.2, -0.15) is 5.10 Å². The Morgan fingerprint density at radius 1 is 1.12 bits per heavy atom. The van der Waals surface area contributed by atoms with Gasteiger partial charge in [-0.15, -0.1) is 0 Å². The third kappa shape index (κ3) is 4.08. The van der Waals surface area contributed by atoms with Crippen molar-refractivity contribution in [1.82, 2.24) is 19.6 Å². The van der Waals surface area contributed by atoms with Crippen molar-refractivity contribution in [3.8, 4) is 0 Å². The van der Waals surface area contributed by atoms with Gasteiger partial charge in [0.05, 0.1) is 36.1 Å². The summed E-state index contributed by atoms with van der Waals surface area (Å²) in [6.45, 7) is 8.08. The zero-order valence-corrected chi connectivity index (χ0v) is 18.9. The highest BCUT2D eigenvalue weighted by atomic mass is 16.5. The van der Waals surface area contributed by atoms with Gasteiger partial charge in [0.2, 0.25) is 0 Å². The van der Waals surface area contributed by atoms with Crippen molar-refractivity contribution in [2.45, 2.75) is 26.3 Å². The Balaban J connectivity index is 1.69. The first-order chi connectivity index (χ1) is 15.4. The van der Waals surface area contributed by atoms with Gasteiger partial charge >= 0.3 is 0 Å². The number of aryl methyl sites for hydroxylation is 2. The third-order valence-electron chi connectivity index (χ3n) is 6.38. The maximum absolute atomic E-state index is 13.1. The van der Waals surface area contributed by atoms with E-state index in [1.807, 2.05) is 37.3 Å². The highest BCUT2D eigenvalue weighted by Gasteiger charge is 2.46. The number of benzene rings is 1. The predicted molar refractivity (Wildman–Crippen MR) is 120 cm³/mol. The highest BCUT2D eigenvalue weighted by molar-refractivity contribution is 6.46. The van der Waals surface area contributed by atoms with Crippen LogP contribution in [-0.4, -0.2) is 75.8 Å². The molecule has 2 aliphatic heterocycles. The Kier molecular flexibility index (Phi) is 6.43. The number of morpholine rings is 1. The first-order valence-corrected chi connectivity index (χ1v) is 11.0. The summed E-state index contributed by atoms with van der Waals surface area (Å²) in [6, 6.07) is 8.81. The summed E-state index contributed by atoms with van der Waals surface area (Å²) in [4.78, 5) is 30.1. The van der Waals surface area contributed by atoms with Crippen LogP contribution < -0.4 is 0 Å². The highest BCUT2D eigenvalue weighted by Crippen LogP contribution is 2.40. The number of ether oxygens (including phenoxy) is 1. The van der Waals surface area contributed by atoms with Crippen molar-refractivity contribution < 1.29 is 19.4 Å². The second kappa shape index (κ2) is 9.26. The lowest BCUT2D eigenvalue weighted by Gasteiger charge is -2.29. The number of ketones is 1. The average Bonchev–Trinajstić information content (AvgIpc) is 3.20. The minimum absolute atomic E-state index is 0.131. The molecule has 32 heavy (non-hydrogen) atoms. The predicted octanol–water partition coefficient (Wildman–Crippen LogP) is 2.18. The number of Topliss-reactive ketones (excluding diaryl/α,β-unsaturated/α-hetero) is 1. The lowest BCUT2D eigenvalue weighted by molar-refractivity contribution is -0.140. The van der Waals surface area contributed by atoms with Gasteiger partial charge in [-0.25, -0.2) is 0 Å². The Morgan fingerprint density at radius 2 is 1.81 bits per heavy atom. The van der Waals surface area contributed by atoms with E-state index in [4.69, 9.17) is 4.74 Å². The summed E-state index contributed by atoms with van der Waals surface area (Å²) in [6.07, 6.45) is 0.737. The van der Waals surface area contributed by atoms with Crippen molar-refractivity contribution >= 4 is 17.4 Å². The molecule has 1 amide bonds. The normalized spacial score (nSPS) is 21.5. The van der Waals surface area contributed by atoms with Crippen molar-refractivity contribution in [2.75, 3.05) is 39.4 Å². The molecule has 0 radical (unpaired) electrons. The fourth-order valence-corrected chi connectivity index (χ4v) is 4.63. The van der Waals surface area contributed by atoms with E-state index in [0.717, 1.165) is 50.5 Å². The van der Waals surface area contributed by atoms with Crippen LogP contribution in [0.25, 0.3) is 5.76 Å². The largest absolute Gasteiger partial charge is 0.507 e. The maximum atomic E-state index is 13.1. The molecule has 2 aromatic rings. The molecule has 0 spiro atoms. The van der Waals surface area contributed by atoms with E-state index < -0.39 is 17.7 Å². The van der Waals surface area contributed by atoms with Crippen LogP contribution >= 0.6 is 0 Å².